The predicted octanol–water partition coefficient (Wildman–Crippen LogP) is 3.91. The summed E-state index contributed by atoms with van der Waals surface area (Å²) in [5.41, 5.74) is 8.28. The maximum Gasteiger partial charge on any atom is 0.122 e. The molecular weight excluding hydrogens is 293 g/mol. The van der Waals surface area contributed by atoms with Crippen molar-refractivity contribution in [3.05, 3.63) is 63.6 Å². The van der Waals surface area contributed by atoms with Crippen LogP contribution in [0.3, 0.4) is 0 Å². The summed E-state index contributed by atoms with van der Waals surface area (Å²) in [4.78, 5) is 2.09. The van der Waals surface area contributed by atoms with Gasteiger partial charge in [0.05, 0.1) is 10.0 Å². The molecule has 104 valence electrons. The summed E-state index contributed by atoms with van der Waals surface area (Å²) in [6.07, 6.45) is 0. The van der Waals surface area contributed by atoms with Crippen molar-refractivity contribution in [2.24, 2.45) is 5.73 Å². The normalized spacial score (nSPS) is 10.3. The van der Waals surface area contributed by atoms with Gasteiger partial charge in [0.1, 0.15) is 5.84 Å². The monoisotopic (exact) mass is 307 g/mol. The van der Waals surface area contributed by atoms with Crippen LogP contribution < -0.4 is 10.6 Å². The minimum atomic E-state index is 0.0729. The Labute approximate surface area is 128 Å². The van der Waals surface area contributed by atoms with Gasteiger partial charge in [-0.15, -0.1) is 0 Å². The lowest BCUT2D eigenvalue weighted by Crippen LogP contribution is -2.17. The topological polar surface area (TPSA) is 53.1 Å². The van der Waals surface area contributed by atoms with E-state index in [2.05, 4.69) is 4.90 Å². The number of amidine groups is 1. The molecule has 0 heterocycles. The Kier molecular flexibility index (Phi) is 4.53. The molecule has 5 heteroatoms. The van der Waals surface area contributed by atoms with E-state index in [9.17, 15) is 0 Å². The molecule has 0 bridgehead atoms. The summed E-state index contributed by atoms with van der Waals surface area (Å²) < 4.78 is 0. The number of anilines is 1. The van der Waals surface area contributed by atoms with Gasteiger partial charge >= 0.3 is 0 Å². The summed E-state index contributed by atoms with van der Waals surface area (Å²) in [5, 5.41) is 8.49. The van der Waals surface area contributed by atoms with Crippen LogP contribution in [0.1, 0.15) is 11.1 Å². The summed E-state index contributed by atoms with van der Waals surface area (Å²) in [6.45, 7) is 0.719. The molecule has 0 aliphatic rings. The van der Waals surface area contributed by atoms with Gasteiger partial charge < -0.3 is 10.6 Å². The largest absolute Gasteiger partial charge is 0.384 e. The molecule has 0 unspecified atom stereocenters. The average Bonchev–Trinajstić information content (AvgIpc) is 2.43. The second-order valence-electron chi connectivity index (χ2n) is 4.57. The second kappa shape index (κ2) is 6.16. The Balaban J connectivity index is 2.12. The molecule has 0 spiro atoms. The zero-order valence-electron chi connectivity index (χ0n) is 11.0. The third-order valence-corrected chi connectivity index (χ3v) is 3.76. The van der Waals surface area contributed by atoms with E-state index >= 15 is 0 Å². The molecule has 0 fully saturated rings. The van der Waals surface area contributed by atoms with Crippen LogP contribution in [-0.4, -0.2) is 12.9 Å². The first-order chi connectivity index (χ1) is 9.47. The van der Waals surface area contributed by atoms with Gasteiger partial charge in [0.25, 0.3) is 0 Å². The maximum atomic E-state index is 7.37. The highest BCUT2D eigenvalue weighted by molar-refractivity contribution is 6.42. The van der Waals surface area contributed by atoms with Crippen LogP contribution in [0.2, 0.25) is 10.0 Å². The highest BCUT2D eigenvalue weighted by atomic mass is 35.5. The lowest BCUT2D eigenvalue weighted by atomic mass is 10.1. The predicted molar refractivity (Wildman–Crippen MR) is 86.0 cm³/mol. The molecule has 2 aromatic carbocycles. The molecule has 0 amide bonds. The van der Waals surface area contributed by atoms with Gasteiger partial charge in [0.2, 0.25) is 0 Å². The molecule has 0 aliphatic carbocycles. The maximum absolute atomic E-state index is 7.37. The summed E-state index contributed by atoms with van der Waals surface area (Å²) >= 11 is 11.9. The Morgan fingerprint density at radius 3 is 2.30 bits per heavy atom. The number of nitrogens with one attached hydrogen (secondary N) is 1. The fraction of sp³-hybridized carbons (Fsp3) is 0.133. The van der Waals surface area contributed by atoms with Crippen LogP contribution in [0.15, 0.2) is 42.5 Å². The SMILES string of the molecule is CN(Cc1ccc(Cl)c(Cl)c1)c1ccc(C(=N)N)cc1. The Morgan fingerprint density at radius 1 is 1.10 bits per heavy atom. The van der Waals surface area contributed by atoms with Crippen LogP contribution in [0.25, 0.3) is 0 Å². The molecule has 0 atom stereocenters. The van der Waals surface area contributed by atoms with Crippen molar-refractivity contribution < 1.29 is 0 Å². The third-order valence-electron chi connectivity index (χ3n) is 3.02. The van der Waals surface area contributed by atoms with Crippen LogP contribution in [-0.2, 0) is 6.54 Å². The number of halogens is 2. The molecule has 3 N–H and O–H groups in total. The fourth-order valence-electron chi connectivity index (χ4n) is 1.90. The number of nitrogen functional groups attached to an aromatic ring is 1. The van der Waals surface area contributed by atoms with Crippen molar-refractivity contribution in [2.75, 3.05) is 11.9 Å². The molecule has 2 rings (SSSR count). The van der Waals surface area contributed by atoms with E-state index in [1.54, 1.807) is 6.07 Å². The quantitative estimate of drug-likeness (QED) is 0.664. The van der Waals surface area contributed by atoms with E-state index in [1.165, 1.54) is 0 Å². The Morgan fingerprint density at radius 2 is 1.75 bits per heavy atom. The molecule has 3 nitrogen and oxygen atoms in total. The second-order valence-corrected chi connectivity index (χ2v) is 5.38. The molecular formula is C15H15Cl2N3. The van der Waals surface area contributed by atoms with Crippen molar-refractivity contribution in [1.29, 1.82) is 5.41 Å². The van der Waals surface area contributed by atoms with E-state index < -0.39 is 0 Å². The van der Waals surface area contributed by atoms with E-state index in [0.717, 1.165) is 23.4 Å². The fourth-order valence-corrected chi connectivity index (χ4v) is 2.22. The molecule has 20 heavy (non-hydrogen) atoms. The highest BCUT2D eigenvalue weighted by Crippen LogP contribution is 2.24. The molecule has 2 aromatic rings. The van der Waals surface area contributed by atoms with Gasteiger partial charge in [0.15, 0.2) is 0 Å². The van der Waals surface area contributed by atoms with E-state index in [4.69, 9.17) is 34.3 Å². The lowest BCUT2D eigenvalue weighted by Gasteiger charge is -2.20. The minimum Gasteiger partial charge on any atom is -0.384 e. The number of benzene rings is 2. The van der Waals surface area contributed by atoms with Gasteiger partial charge in [-0.25, -0.2) is 0 Å². The van der Waals surface area contributed by atoms with Crippen LogP contribution in [0, 0.1) is 5.41 Å². The summed E-state index contributed by atoms with van der Waals surface area (Å²) in [5.74, 6) is 0.0729. The van der Waals surface area contributed by atoms with Crippen molar-refractivity contribution in [2.45, 2.75) is 6.54 Å². The van der Waals surface area contributed by atoms with Crippen LogP contribution in [0.5, 0.6) is 0 Å². The van der Waals surface area contributed by atoms with Crippen molar-refractivity contribution in [1.82, 2.24) is 0 Å². The van der Waals surface area contributed by atoms with E-state index in [1.807, 2.05) is 43.4 Å². The summed E-state index contributed by atoms with van der Waals surface area (Å²) in [6, 6.07) is 13.2. The van der Waals surface area contributed by atoms with E-state index in [-0.39, 0.29) is 5.84 Å². The number of hydrogen-bond donors (Lipinski definition) is 2. The van der Waals surface area contributed by atoms with Crippen LogP contribution in [0.4, 0.5) is 5.69 Å². The smallest absolute Gasteiger partial charge is 0.122 e. The van der Waals surface area contributed by atoms with Gasteiger partial charge in [-0.2, -0.15) is 0 Å². The van der Waals surface area contributed by atoms with Gasteiger partial charge in [-0.1, -0.05) is 29.3 Å². The first-order valence-electron chi connectivity index (χ1n) is 6.07. The highest BCUT2D eigenvalue weighted by Gasteiger charge is 2.05. The van der Waals surface area contributed by atoms with E-state index in [0.29, 0.717) is 10.0 Å². The zero-order valence-corrected chi connectivity index (χ0v) is 12.5. The average molecular weight is 308 g/mol. The molecule has 0 radical (unpaired) electrons. The standard InChI is InChI=1S/C15H15Cl2N3/c1-20(9-10-2-7-13(16)14(17)8-10)12-5-3-11(4-6-12)15(18)19/h2-8H,9H2,1H3,(H3,18,19). The van der Waals surface area contributed by atoms with Crippen molar-refractivity contribution >= 4 is 34.7 Å². The number of nitrogens with two attached hydrogens (primary N) is 1. The minimum absolute atomic E-state index is 0.0729. The number of nitrogens with zero attached hydrogens (tertiary/aromatic N) is 1. The van der Waals surface area contributed by atoms with Crippen molar-refractivity contribution in [3.8, 4) is 0 Å². The van der Waals surface area contributed by atoms with Crippen molar-refractivity contribution in [3.63, 3.8) is 0 Å². The molecule has 0 aliphatic heterocycles. The van der Waals surface area contributed by atoms with Gasteiger partial charge in [0, 0.05) is 24.8 Å². The number of hydrogen-bond acceptors (Lipinski definition) is 2. The van der Waals surface area contributed by atoms with Gasteiger partial charge in [-0.3, -0.25) is 5.41 Å². The Hall–Kier alpha value is -1.71. The third kappa shape index (κ3) is 3.44. The van der Waals surface area contributed by atoms with Crippen LogP contribution >= 0.6 is 23.2 Å². The molecule has 0 saturated carbocycles. The zero-order chi connectivity index (χ0) is 14.7. The lowest BCUT2D eigenvalue weighted by molar-refractivity contribution is 0.923. The first kappa shape index (κ1) is 14.7. The Bertz CT molecular complexity index is 624. The number of rotatable bonds is 4. The molecule has 0 saturated heterocycles. The molecule has 0 aromatic heterocycles. The first-order valence-corrected chi connectivity index (χ1v) is 6.82. The summed E-state index contributed by atoms with van der Waals surface area (Å²) in [7, 11) is 1.99. The van der Waals surface area contributed by atoms with Gasteiger partial charge in [-0.05, 0) is 42.0 Å².